The van der Waals surface area contributed by atoms with Gasteiger partial charge >= 0.3 is 0 Å². The lowest BCUT2D eigenvalue weighted by Gasteiger charge is -2.37. The second kappa shape index (κ2) is 5.18. The number of hydrogen-bond acceptors (Lipinski definition) is 4. The Kier molecular flexibility index (Phi) is 3.61. The summed E-state index contributed by atoms with van der Waals surface area (Å²) in [7, 11) is 0. The number of carbonyl (C=O) groups is 3. The van der Waals surface area contributed by atoms with Crippen LogP contribution in [-0.2, 0) is 9.59 Å². The second-order valence-corrected chi connectivity index (χ2v) is 5.02. The SMILES string of the molecule is NC(=O)CNC(=O)C1CN(C(=O)c2cccs2)C1. The van der Waals surface area contributed by atoms with Crippen LogP contribution in [0.3, 0.4) is 0 Å². The van der Waals surface area contributed by atoms with Gasteiger partial charge in [0, 0.05) is 13.1 Å². The van der Waals surface area contributed by atoms with Gasteiger partial charge in [0.2, 0.25) is 11.8 Å². The van der Waals surface area contributed by atoms with Crippen molar-refractivity contribution in [1.29, 1.82) is 0 Å². The number of nitrogens with two attached hydrogens (primary N) is 1. The van der Waals surface area contributed by atoms with Crippen molar-refractivity contribution < 1.29 is 14.4 Å². The van der Waals surface area contributed by atoms with E-state index in [0.717, 1.165) is 0 Å². The van der Waals surface area contributed by atoms with Gasteiger partial charge < -0.3 is 16.0 Å². The number of hydrogen-bond donors (Lipinski definition) is 2. The average molecular weight is 267 g/mol. The number of amides is 3. The van der Waals surface area contributed by atoms with Crippen molar-refractivity contribution >= 4 is 29.1 Å². The number of carbonyl (C=O) groups excluding carboxylic acids is 3. The van der Waals surface area contributed by atoms with Gasteiger partial charge in [0.1, 0.15) is 0 Å². The van der Waals surface area contributed by atoms with Gasteiger partial charge in [-0.3, -0.25) is 14.4 Å². The Labute approximate surface area is 108 Å². The largest absolute Gasteiger partial charge is 0.368 e. The Bertz CT molecular complexity index is 466. The molecular formula is C11H13N3O3S. The first-order valence-electron chi connectivity index (χ1n) is 5.46. The van der Waals surface area contributed by atoms with E-state index < -0.39 is 5.91 Å². The molecule has 0 spiro atoms. The van der Waals surface area contributed by atoms with Gasteiger partial charge in [-0.15, -0.1) is 11.3 Å². The number of rotatable bonds is 4. The van der Waals surface area contributed by atoms with Crippen molar-refractivity contribution in [2.45, 2.75) is 0 Å². The molecular weight excluding hydrogens is 254 g/mol. The third-order valence-electron chi connectivity index (χ3n) is 2.71. The minimum atomic E-state index is -0.575. The zero-order valence-electron chi connectivity index (χ0n) is 9.59. The van der Waals surface area contributed by atoms with Gasteiger partial charge in [0.05, 0.1) is 17.3 Å². The van der Waals surface area contributed by atoms with Crippen LogP contribution >= 0.6 is 11.3 Å². The zero-order chi connectivity index (χ0) is 13.1. The van der Waals surface area contributed by atoms with Crippen LogP contribution in [0.1, 0.15) is 9.67 Å². The Morgan fingerprint density at radius 3 is 2.72 bits per heavy atom. The molecule has 7 heteroatoms. The minimum Gasteiger partial charge on any atom is -0.368 e. The number of likely N-dealkylation sites (tertiary alicyclic amines) is 1. The molecule has 1 aromatic rings. The summed E-state index contributed by atoms with van der Waals surface area (Å²) in [6.07, 6.45) is 0. The molecule has 0 aliphatic carbocycles. The van der Waals surface area contributed by atoms with E-state index in [1.54, 1.807) is 11.0 Å². The third-order valence-corrected chi connectivity index (χ3v) is 3.57. The lowest BCUT2D eigenvalue weighted by molar-refractivity contribution is -0.131. The number of nitrogens with one attached hydrogen (secondary N) is 1. The molecule has 1 aliphatic rings. The number of thiophene rings is 1. The predicted octanol–water partition coefficient (Wildman–Crippen LogP) is -0.578. The molecule has 0 unspecified atom stereocenters. The van der Waals surface area contributed by atoms with Crippen LogP contribution in [0.2, 0.25) is 0 Å². The molecule has 1 aliphatic heterocycles. The van der Waals surface area contributed by atoms with E-state index in [4.69, 9.17) is 5.73 Å². The summed E-state index contributed by atoms with van der Waals surface area (Å²) >= 11 is 1.38. The van der Waals surface area contributed by atoms with E-state index in [9.17, 15) is 14.4 Å². The summed E-state index contributed by atoms with van der Waals surface area (Å²) in [5.74, 6) is -1.10. The Hall–Kier alpha value is -1.89. The lowest BCUT2D eigenvalue weighted by Crippen LogP contribution is -2.56. The Morgan fingerprint density at radius 2 is 2.17 bits per heavy atom. The van der Waals surface area contributed by atoms with E-state index in [0.29, 0.717) is 18.0 Å². The summed E-state index contributed by atoms with van der Waals surface area (Å²) < 4.78 is 0. The maximum absolute atomic E-state index is 11.9. The summed E-state index contributed by atoms with van der Waals surface area (Å²) in [6.45, 7) is 0.622. The number of primary amides is 1. The van der Waals surface area contributed by atoms with Gasteiger partial charge in [-0.2, -0.15) is 0 Å². The summed E-state index contributed by atoms with van der Waals surface area (Å²) in [4.78, 5) is 36.2. The molecule has 3 amide bonds. The Morgan fingerprint density at radius 1 is 1.44 bits per heavy atom. The van der Waals surface area contributed by atoms with E-state index in [1.165, 1.54) is 11.3 Å². The van der Waals surface area contributed by atoms with Crippen LogP contribution in [0.25, 0.3) is 0 Å². The Balaban J connectivity index is 1.78. The fourth-order valence-corrected chi connectivity index (χ4v) is 2.38. The molecule has 0 radical (unpaired) electrons. The van der Waals surface area contributed by atoms with Gasteiger partial charge in [-0.1, -0.05) is 6.07 Å². The summed E-state index contributed by atoms with van der Waals surface area (Å²) in [5, 5.41) is 4.27. The highest BCUT2D eigenvalue weighted by Gasteiger charge is 2.36. The van der Waals surface area contributed by atoms with Crippen LogP contribution in [0.5, 0.6) is 0 Å². The van der Waals surface area contributed by atoms with Crippen LogP contribution in [-0.4, -0.2) is 42.3 Å². The maximum Gasteiger partial charge on any atom is 0.263 e. The maximum atomic E-state index is 11.9. The molecule has 0 atom stereocenters. The molecule has 3 N–H and O–H groups in total. The van der Waals surface area contributed by atoms with Crippen molar-refractivity contribution in [1.82, 2.24) is 10.2 Å². The molecule has 6 nitrogen and oxygen atoms in total. The van der Waals surface area contributed by atoms with Crippen molar-refractivity contribution in [2.75, 3.05) is 19.6 Å². The first-order valence-corrected chi connectivity index (χ1v) is 6.34. The highest BCUT2D eigenvalue weighted by Crippen LogP contribution is 2.20. The second-order valence-electron chi connectivity index (χ2n) is 4.07. The van der Waals surface area contributed by atoms with Crippen molar-refractivity contribution in [3.05, 3.63) is 22.4 Å². The molecule has 1 saturated heterocycles. The van der Waals surface area contributed by atoms with Crippen molar-refractivity contribution in [3.8, 4) is 0 Å². The van der Waals surface area contributed by atoms with Crippen LogP contribution in [0.15, 0.2) is 17.5 Å². The van der Waals surface area contributed by atoms with Gasteiger partial charge in [-0.25, -0.2) is 0 Å². The van der Waals surface area contributed by atoms with Gasteiger partial charge in [0.25, 0.3) is 5.91 Å². The van der Waals surface area contributed by atoms with E-state index in [2.05, 4.69) is 5.32 Å². The fraction of sp³-hybridized carbons (Fsp3) is 0.364. The van der Waals surface area contributed by atoms with Crippen molar-refractivity contribution in [3.63, 3.8) is 0 Å². The first-order chi connectivity index (χ1) is 8.58. The van der Waals surface area contributed by atoms with E-state index in [-0.39, 0.29) is 24.3 Å². The van der Waals surface area contributed by atoms with E-state index >= 15 is 0 Å². The molecule has 2 rings (SSSR count). The molecule has 2 heterocycles. The smallest absolute Gasteiger partial charge is 0.263 e. The number of nitrogens with zero attached hydrogens (tertiary/aromatic N) is 1. The summed E-state index contributed by atoms with van der Waals surface area (Å²) in [5.41, 5.74) is 4.92. The van der Waals surface area contributed by atoms with Crippen LogP contribution < -0.4 is 11.1 Å². The molecule has 1 aromatic heterocycles. The first kappa shape index (κ1) is 12.6. The van der Waals surface area contributed by atoms with Crippen molar-refractivity contribution in [2.24, 2.45) is 11.7 Å². The van der Waals surface area contributed by atoms with Crippen LogP contribution in [0.4, 0.5) is 0 Å². The van der Waals surface area contributed by atoms with E-state index in [1.807, 2.05) is 11.4 Å². The molecule has 18 heavy (non-hydrogen) atoms. The zero-order valence-corrected chi connectivity index (χ0v) is 10.4. The lowest BCUT2D eigenvalue weighted by atomic mass is 9.99. The summed E-state index contributed by atoms with van der Waals surface area (Å²) in [6, 6.07) is 3.57. The van der Waals surface area contributed by atoms with Gasteiger partial charge in [-0.05, 0) is 11.4 Å². The van der Waals surface area contributed by atoms with Gasteiger partial charge in [0.15, 0.2) is 0 Å². The molecule has 0 saturated carbocycles. The molecule has 0 aromatic carbocycles. The average Bonchev–Trinajstić information content (AvgIpc) is 2.77. The van der Waals surface area contributed by atoms with Crippen LogP contribution in [0, 0.1) is 5.92 Å². The normalized spacial score (nSPS) is 15.0. The quantitative estimate of drug-likeness (QED) is 0.764. The highest BCUT2D eigenvalue weighted by molar-refractivity contribution is 7.12. The topological polar surface area (TPSA) is 92.5 Å². The minimum absolute atomic E-state index is 0.0519. The highest BCUT2D eigenvalue weighted by atomic mass is 32.1. The molecule has 96 valence electrons. The molecule has 1 fully saturated rings. The fourth-order valence-electron chi connectivity index (χ4n) is 1.68. The predicted molar refractivity (Wildman–Crippen MR) is 65.9 cm³/mol. The third kappa shape index (κ3) is 2.67. The monoisotopic (exact) mass is 267 g/mol. The molecule has 0 bridgehead atoms. The standard InChI is InChI=1S/C11H13N3O3S/c12-9(15)4-13-10(16)7-5-14(6-7)11(17)8-2-1-3-18-8/h1-3,7H,4-6H2,(H2,12,15)(H,13,16).